The van der Waals surface area contributed by atoms with E-state index in [4.69, 9.17) is 4.74 Å². The highest BCUT2D eigenvalue weighted by Crippen LogP contribution is 2.13. The first kappa shape index (κ1) is 19.5. The first-order chi connectivity index (χ1) is 14.1. The van der Waals surface area contributed by atoms with Crippen molar-refractivity contribution < 1.29 is 14.5 Å². The lowest BCUT2D eigenvalue weighted by molar-refractivity contribution is -0.385. The summed E-state index contributed by atoms with van der Waals surface area (Å²) >= 11 is 0. The zero-order valence-corrected chi connectivity index (χ0v) is 15.2. The number of hydrogen-bond acceptors (Lipinski definition) is 7. The van der Waals surface area contributed by atoms with Crippen LogP contribution in [0.1, 0.15) is 5.56 Å². The lowest BCUT2D eigenvalue weighted by Gasteiger charge is -2.07. The van der Waals surface area contributed by atoms with Gasteiger partial charge in [-0.3, -0.25) is 20.3 Å². The number of nitro groups is 1. The number of pyridine rings is 1. The predicted octanol–water partition coefficient (Wildman–Crippen LogP) is 3.45. The van der Waals surface area contributed by atoms with Crippen molar-refractivity contribution in [3.05, 3.63) is 88.6 Å². The van der Waals surface area contributed by atoms with Crippen molar-refractivity contribution in [1.29, 1.82) is 0 Å². The van der Waals surface area contributed by atoms with Crippen LogP contribution in [0.15, 0.2) is 78.0 Å². The van der Waals surface area contributed by atoms with E-state index in [1.54, 1.807) is 42.6 Å². The highest BCUT2D eigenvalue weighted by atomic mass is 16.6. The van der Waals surface area contributed by atoms with Crippen LogP contribution in [-0.4, -0.2) is 28.6 Å². The van der Waals surface area contributed by atoms with Crippen molar-refractivity contribution in [2.24, 2.45) is 5.10 Å². The Bertz CT molecular complexity index is 990. The van der Waals surface area contributed by atoms with Crippen LogP contribution in [0.25, 0.3) is 0 Å². The molecule has 0 aliphatic rings. The lowest BCUT2D eigenvalue weighted by atomic mass is 10.2. The average molecular weight is 391 g/mol. The SMILES string of the molecule is O=C(COc1ccc(/C=N/Nc2ccc([N+](=O)[O-])cn2)cc1)Nc1ccccc1. The van der Waals surface area contributed by atoms with Crippen LogP contribution in [0.3, 0.4) is 0 Å². The molecule has 0 atom stereocenters. The van der Waals surface area contributed by atoms with Gasteiger partial charge in [0.2, 0.25) is 0 Å². The number of nitrogens with zero attached hydrogens (tertiary/aromatic N) is 3. The fraction of sp³-hybridized carbons (Fsp3) is 0.0500. The molecule has 3 rings (SSSR count). The Morgan fingerprint density at radius 3 is 2.52 bits per heavy atom. The third-order valence-corrected chi connectivity index (χ3v) is 3.66. The second-order valence-electron chi connectivity index (χ2n) is 5.80. The zero-order chi connectivity index (χ0) is 20.5. The Kier molecular flexibility index (Phi) is 6.45. The van der Waals surface area contributed by atoms with Crippen molar-refractivity contribution in [2.45, 2.75) is 0 Å². The minimum absolute atomic E-state index is 0.0902. The molecule has 0 unspecified atom stereocenters. The summed E-state index contributed by atoms with van der Waals surface area (Å²) in [7, 11) is 0. The summed E-state index contributed by atoms with van der Waals surface area (Å²) in [5, 5.41) is 17.4. The van der Waals surface area contributed by atoms with E-state index < -0.39 is 4.92 Å². The maximum Gasteiger partial charge on any atom is 0.287 e. The van der Waals surface area contributed by atoms with Crippen molar-refractivity contribution in [1.82, 2.24) is 4.98 Å². The maximum atomic E-state index is 11.9. The van der Waals surface area contributed by atoms with Crippen LogP contribution in [0.5, 0.6) is 5.75 Å². The molecule has 0 aliphatic heterocycles. The van der Waals surface area contributed by atoms with E-state index in [1.165, 1.54) is 12.1 Å². The van der Waals surface area contributed by atoms with Gasteiger partial charge in [0.25, 0.3) is 11.6 Å². The van der Waals surface area contributed by atoms with Crippen LogP contribution in [0.2, 0.25) is 0 Å². The molecule has 2 aromatic carbocycles. The molecule has 1 amide bonds. The van der Waals surface area contributed by atoms with Crippen molar-refractivity contribution in [2.75, 3.05) is 17.3 Å². The van der Waals surface area contributed by atoms with Crippen molar-refractivity contribution in [3.8, 4) is 5.75 Å². The second-order valence-corrected chi connectivity index (χ2v) is 5.80. The lowest BCUT2D eigenvalue weighted by Crippen LogP contribution is -2.20. The van der Waals surface area contributed by atoms with E-state index in [-0.39, 0.29) is 18.2 Å². The normalized spacial score (nSPS) is 10.5. The van der Waals surface area contributed by atoms with Crippen LogP contribution >= 0.6 is 0 Å². The Balaban J connectivity index is 1.46. The Labute approximate surface area is 166 Å². The Morgan fingerprint density at radius 2 is 1.86 bits per heavy atom. The van der Waals surface area contributed by atoms with Gasteiger partial charge in [0, 0.05) is 11.8 Å². The largest absolute Gasteiger partial charge is 0.484 e. The number of anilines is 2. The highest BCUT2D eigenvalue weighted by molar-refractivity contribution is 5.91. The number of amides is 1. The summed E-state index contributed by atoms with van der Waals surface area (Å²) in [6.07, 6.45) is 2.72. The first-order valence-electron chi connectivity index (χ1n) is 8.57. The van der Waals surface area contributed by atoms with E-state index in [0.29, 0.717) is 17.3 Å². The molecule has 146 valence electrons. The van der Waals surface area contributed by atoms with Crippen LogP contribution in [0.4, 0.5) is 17.2 Å². The quantitative estimate of drug-likeness (QED) is 0.345. The smallest absolute Gasteiger partial charge is 0.287 e. The molecule has 3 aromatic rings. The molecule has 0 bridgehead atoms. The molecule has 0 saturated heterocycles. The summed E-state index contributed by atoms with van der Waals surface area (Å²) in [4.78, 5) is 25.8. The minimum atomic E-state index is -0.519. The molecule has 0 radical (unpaired) electrons. The molecule has 0 saturated carbocycles. The van der Waals surface area contributed by atoms with Gasteiger partial charge in [-0.25, -0.2) is 4.98 Å². The molecule has 9 nitrogen and oxygen atoms in total. The van der Waals surface area contributed by atoms with Gasteiger partial charge in [-0.2, -0.15) is 5.10 Å². The summed E-state index contributed by atoms with van der Waals surface area (Å²) in [6, 6.07) is 18.9. The van der Waals surface area contributed by atoms with Crippen LogP contribution in [-0.2, 0) is 4.79 Å². The van der Waals surface area contributed by atoms with Gasteiger partial charge in [0.15, 0.2) is 6.61 Å². The number of ether oxygens (including phenoxy) is 1. The van der Waals surface area contributed by atoms with Crippen molar-refractivity contribution in [3.63, 3.8) is 0 Å². The Hall–Kier alpha value is -4.27. The molecule has 29 heavy (non-hydrogen) atoms. The number of carbonyl (C=O) groups is 1. The summed E-state index contributed by atoms with van der Waals surface area (Å²) in [5.41, 5.74) is 4.10. The van der Waals surface area contributed by atoms with Gasteiger partial charge in [0.1, 0.15) is 17.8 Å². The van der Waals surface area contributed by atoms with E-state index in [2.05, 4.69) is 20.8 Å². The van der Waals surface area contributed by atoms with Crippen LogP contribution in [0, 0.1) is 10.1 Å². The number of carbonyl (C=O) groups excluding carboxylic acids is 1. The molecule has 1 heterocycles. The van der Waals surface area contributed by atoms with Gasteiger partial charge in [-0.15, -0.1) is 0 Å². The number of benzene rings is 2. The number of hydrogen-bond donors (Lipinski definition) is 2. The van der Waals surface area contributed by atoms with Gasteiger partial charge < -0.3 is 10.1 Å². The molecule has 0 aliphatic carbocycles. The molecule has 9 heteroatoms. The standard InChI is InChI=1S/C20H17N5O4/c26-20(23-16-4-2-1-3-5-16)14-29-18-9-6-15(7-10-18)12-22-24-19-11-8-17(13-21-19)25(27)28/h1-13H,14H2,(H,21,24)(H,23,26)/b22-12+. The number of rotatable bonds is 8. The molecular formula is C20H17N5O4. The highest BCUT2D eigenvalue weighted by Gasteiger charge is 2.05. The molecule has 0 fully saturated rings. The Morgan fingerprint density at radius 1 is 1.10 bits per heavy atom. The van der Waals surface area contributed by atoms with Crippen molar-refractivity contribution >= 4 is 29.3 Å². The number of aromatic nitrogens is 1. The van der Waals surface area contributed by atoms with E-state index in [0.717, 1.165) is 11.8 Å². The first-order valence-corrected chi connectivity index (χ1v) is 8.57. The molecule has 0 spiro atoms. The van der Waals surface area contributed by atoms with Gasteiger partial charge in [-0.1, -0.05) is 18.2 Å². The average Bonchev–Trinajstić information content (AvgIpc) is 2.74. The maximum absolute atomic E-state index is 11.9. The number of para-hydroxylation sites is 1. The topological polar surface area (TPSA) is 119 Å². The van der Waals surface area contributed by atoms with E-state index in [1.807, 2.05) is 18.2 Å². The molecular weight excluding hydrogens is 374 g/mol. The summed E-state index contributed by atoms with van der Waals surface area (Å²) in [6.45, 7) is -0.101. The summed E-state index contributed by atoms with van der Waals surface area (Å²) < 4.78 is 5.46. The fourth-order valence-electron chi connectivity index (χ4n) is 2.25. The van der Waals surface area contributed by atoms with E-state index >= 15 is 0 Å². The van der Waals surface area contributed by atoms with Crippen LogP contribution < -0.4 is 15.5 Å². The van der Waals surface area contributed by atoms with Gasteiger partial charge in [0.05, 0.1) is 11.1 Å². The van der Waals surface area contributed by atoms with Gasteiger partial charge in [-0.05, 0) is 48.0 Å². The van der Waals surface area contributed by atoms with Gasteiger partial charge >= 0.3 is 0 Å². The third kappa shape index (κ3) is 6.14. The predicted molar refractivity (Wildman–Crippen MR) is 109 cm³/mol. The zero-order valence-electron chi connectivity index (χ0n) is 15.2. The third-order valence-electron chi connectivity index (χ3n) is 3.66. The number of hydrazone groups is 1. The molecule has 1 aromatic heterocycles. The van der Waals surface area contributed by atoms with E-state index in [9.17, 15) is 14.9 Å². The number of nitrogens with one attached hydrogen (secondary N) is 2. The second kappa shape index (κ2) is 9.60. The minimum Gasteiger partial charge on any atom is -0.484 e. The molecule has 2 N–H and O–H groups in total. The summed E-state index contributed by atoms with van der Waals surface area (Å²) in [5.74, 6) is 0.688. The monoisotopic (exact) mass is 391 g/mol. The fourth-order valence-corrected chi connectivity index (χ4v) is 2.25.